The van der Waals surface area contributed by atoms with Gasteiger partial charge in [0.25, 0.3) is 0 Å². The number of nitrogens with one attached hydrogen (secondary N) is 2. The van der Waals surface area contributed by atoms with Crippen molar-refractivity contribution in [3.8, 4) is 0 Å². The molecular formula is C18H32IN3O2. The van der Waals surface area contributed by atoms with Crippen molar-refractivity contribution in [1.29, 1.82) is 0 Å². The Kier molecular flexibility index (Phi) is 14.0. The summed E-state index contributed by atoms with van der Waals surface area (Å²) < 4.78 is 5.57. The molecule has 3 N–H and O–H groups in total. The number of hydrogen-bond acceptors (Lipinski definition) is 3. The standard InChI is InChI=1S/C18H31N3O2.HI/c1-15(2)9-11-23-12-10-20-18(19-3)21-13-17(14-22)16-7-5-4-6-8-16;/h4-8,15,17,22H,9-14H2,1-3H3,(H2,19,20,21);1H. The van der Waals surface area contributed by atoms with Gasteiger partial charge >= 0.3 is 0 Å². The number of halogens is 1. The zero-order valence-corrected chi connectivity index (χ0v) is 17.3. The predicted molar refractivity (Wildman–Crippen MR) is 111 cm³/mol. The molecule has 0 amide bonds. The fraction of sp³-hybridized carbons (Fsp3) is 0.611. The van der Waals surface area contributed by atoms with Crippen LogP contribution in [0.15, 0.2) is 35.3 Å². The van der Waals surface area contributed by atoms with Gasteiger partial charge in [0, 0.05) is 32.7 Å². The Bertz CT molecular complexity index is 441. The smallest absolute Gasteiger partial charge is 0.191 e. The van der Waals surface area contributed by atoms with Crippen LogP contribution in [0, 0.1) is 5.92 Å². The van der Waals surface area contributed by atoms with Crippen LogP contribution in [0.25, 0.3) is 0 Å². The fourth-order valence-electron chi connectivity index (χ4n) is 2.12. The van der Waals surface area contributed by atoms with Crippen molar-refractivity contribution in [2.45, 2.75) is 26.2 Å². The third kappa shape index (κ3) is 10.1. The van der Waals surface area contributed by atoms with Gasteiger partial charge in [-0.25, -0.2) is 0 Å². The Morgan fingerprint density at radius 1 is 1.17 bits per heavy atom. The number of aliphatic hydroxyl groups is 1. The lowest BCUT2D eigenvalue weighted by Crippen LogP contribution is -2.41. The van der Waals surface area contributed by atoms with E-state index in [1.54, 1.807) is 7.05 Å². The van der Waals surface area contributed by atoms with E-state index in [2.05, 4.69) is 29.5 Å². The average Bonchev–Trinajstić information content (AvgIpc) is 2.57. The van der Waals surface area contributed by atoms with Crippen LogP contribution in [0.5, 0.6) is 0 Å². The zero-order valence-electron chi connectivity index (χ0n) is 15.0. The quantitative estimate of drug-likeness (QED) is 0.222. The maximum Gasteiger partial charge on any atom is 0.191 e. The van der Waals surface area contributed by atoms with Crippen LogP contribution in [0.3, 0.4) is 0 Å². The second kappa shape index (κ2) is 14.5. The largest absolute Gasteiger partial charge is 0.396 e. The van der Waals surface area contributed by atoms with Crippen LogP contribution in [-0.4, -0.2) is 51.0 Å². The number of hydrogen-bond donors (Lipinski definition) is 3. The maximum atomic E-state index is 9.56. The summed E-state index contributed by atoms with van der Waals surface area (Å²) in [5, 5.41) is 16.0. The molecule has 1 aromatic carbocycles. The highest BCUT2D eigenvalue weighted by Crippen LogP contribution is 2.13. The first-order valence-corrected chi connectivity index (χ1v) is 8.35. The van der Waals surface area contributed by atoms with E-state index in [4.69, 9.17) is 4.74 Å². The van der Waals surface area contributed by atoms with Crippen molar-refractivity contribution < 1.29 is 9.84 Å². The number of aliphatic hydroxyl groups excluding tert-OH is 1. The molecule has 1 aromatic rings. The maximum absolute atomic E-state index is 9.56. The molecule has 0 fully saturated rings. The summed E-state index contributed by atoms with van der Waals surface area (Å²) in [6.07, 6.45) is 1.09. The summed E-state index contributed by atoms with van der Waals surface area (Å²) >= 11 is 0. The van der Waals surface area contributed by atoms with E-state index in [1.165, 1.54) is 0 Å². The second-order valence-electron chi connectivity index (χ2n) is 5.96. The number of nitrogens with zero attached hydrogens (tertiary/aromatic N) is 1. The Morgan fingerprint density at radius 3 is 2.46 bits per heavy atom. The minimum atomic E-state index is 0. The fourth-order valence-corrected chi connectivity index (χ4v) is 2.12. The molecule has 0 saturated carbocycles. The molecule has 0 aliphatic heterocycles. The summed E-state index contributed by atoms with van der Waals surface area (Å²) in [6.45, 7) is 7.30. The second-order valence-corrected chi connectivity index (χ2v) is 5.96. The van der Waals surface area contributed by atoms with Crippen molar-refractivity contribution in [2.24, 2.45) is 10.9 Å². The van der Waals surface area contributed by atoms with Gasteiger partial charge < -0.3 is 20.5 Å². The zero-order chi connectivity index (χ0) is 16.9. The van der Waals surface area contributed by atoms with Crippen molar-refractivity contribution >= 4 is 29.9 Å². The topological polar surface area (TPSA) is 65.9 Å². The number of guanidine groups is 1. The van der Waals surface area contributed by atoms with E-state index >= 15 is 0 Å². The van der Waals surface area contributed by atoms with E-state index in [0.717, 1.165) is 24.6 Å². The molecule has 0 radical (unpaired) electrons. The lowest BCUT2D eigenvalue weighted by Gasteiger charge is -2.18. The molecule has 0 aromatic heterocycles. The van der Waals surface area contributed by atoms with Crippen LogP contribution < -0.4 is 10.6 Å². The monoisotopic (exact) mass is 449 g/mol. The first-order chi connectivity index (χ1) is 11.2. The van der Waals surface area contributed by atoms with E-state index in [0.29, 0.717) is 25.6 Å². The molecule has 0 aliphatic carbocycles. The highest BCUT2D eigenvalue weighted by Gasteiger charge is 2.10. The minimum Gasteiger partial charge on any atom is -0.396 e. The molecule has 0 aliphatic rings. The first-order valence-electron chi connectivity index (χ1n) is 8.35. The SMILES string of the molecule is CN=C(NCCOCCC(C)C)NCC(CO)c1ccccc1.I. The van der Waals surface area contributed by atoms with E-state index in [9.17, 15) is 5.11 Å². The van der Waals surface area contributed by atoms with Gasteiger partial charge in [-0.15, -0.1) is 24.0 Å². The predicted octanol–water partition coefficient (Wildman–Crippen LogP) is 2.61. The normalized spacial score (nSPS) is 12.6. The lowest BCUT2D eigenvalue weighted by atomic mass is 10.0. The summed E-state index contributed by atoms with van der Waals surface area (Å²) in [4.78, 5) is 4.19. The van der Waals surface area contributed by atoms with Crippen molar-refractivity contribution in [1.82, 2.24) is 10.6 Å². The van der Waals surface area contributed by atoms with Gasteiger partial charge in [-0.3, -0.25) is 4.99 Å². The molecule has 1 rings (SSSR count). The summed E-state index contributed by atoms with van der Waals surface area (Å²) in [5.74, 6) is 1.45. The third-order valence-electron chi connectivity index (χ3n) is 3.61. The highest BCUT2D eigenvalue weighted by molar-refractivity contribution is 14.0. The molecule has 0 saturated heterocycles. The Morgan fingerprint density at radius 2 is 1.88 bits per heavy atom. The summed E-state index contributed by atoms with van der Waals surface area (Å²) in [6, 6.07) is 10.0. The van der Waals surface area contributed by atoms with Crippen LogP contribution in [0.2, 0.25) is 0 Å². The molecular weight excluding hydrogens is 417 g/mol. The molecule has 0 heterocycles. The van der Waals surface area contributed by atoms with Gasteiger partial charge in [-0.05, 0) is 17.9 Å². The minimum absolute atomic E-state index is 0. The summed E-state index contributed by atoms with van der Waals surface area (Å²) in [5.41, 5.74) is 1.12. The number of rotatable bonds is 10. The van der Waals surface area contributed by atoms with Crippen LogP contribution in [0.1, 0.15) is 31.7 Å². The molecule has 6 heteroatoms. The van der Waals surface area contributed by atoms with Gasteiger partial charge in [0.1, 0.15) is 0 Å². The van der Waals surface area contributed by atoms with Crippen LogP contribution >= 0.6 is 24.0 Å². The molecule has 5 nitrogen and oxygen atoms in total. The van der Waals surface area contributed by atoms with E-state index in [1.807, 2.05) is 30.3 Å². The van der Waals surface area contributed by atoms with Gasteiger partial charge in [-0.1, -0.05) is 44.2 Å². The number of benzene rings is 1. The van der Waals surface area contributed by atoms with E-state index in [-0.39, 0.29) is 36.5 Å². The Balaban J connectivity index is 0.00000529. The average molecular weight is 449 g/mol. The Hall–Kier alpha value is -0.860. The Labute approximate surface area is 163 Å². The van der Waals surface area contributed by atoms with Gasteiger partial charge in [0.05, 0.1) is 13.2 Å². The highest BCUT2D eigenvalue weighted by atomic mass is 127. The van der Waals surface area contributed by atoms with Gasteiger partial charge in [0.2, 0.25) is 0 Å². The van der Waals surface area contributed by atoms with Crippen molar-refractivity contribution in [3.05, 3.63) is 35.9 Å². The van der Waals surface area contributed by atoms with Gasteiger partial charge in [0.15, 0.2) is 5.96 Å². The molecule has 138 valence electrons. The van der Waals surface area contributed by atoms with Crippen LogP contribution in [-0.2, 0) is 4.74 Å². The first kappa shape index (κ1) is 23.1. The number of ether oxygens (including phenoxy) is 1. The summed E-state index contributed by atoms with van der Waals surface area (Å²) in [7, 11) is 1.74. The van der Waals surface area contributed by atoms with E-state index < -0.39 is 0 Å². The van der Waals surface area contributed by atoms with Gasteiger partial charge in [-0.2, -0.15) is 0 Å². The van der Waals surface area contributed by atoms with Crippen molar-refractivity contribution in [2.75, 3.05) is 40.0 Å². The molecule has 24 heavy (non-hydrogen) atoms. The molecule has 0 bridgehead atoms. The third-order valence-corrected chi connectivity index (χ3v) is 3.61. The lowest BCUT2D eigenvalue weighted by molar-refractivity contribution is 0.128. The van der Waals surface area contributed by atoms with Crippen LogP contribution in [0.4, 0.5) is 0 Å². The molecule has 1 unspecified atom stereocenters. The molecule has 0 spiro atoms. The number of aliphatic imine (C=N–C) groups is 1. The van der Waals surface area contributed by atoms with Crippen molar-refractivity contribution in [3.63, 3.8) is 0 Å². The molecule has 1 atom stereocenters.